The van der Waals surface area contributed by atoms with Crippen molar-refractivity contribution in [3.63, 3.8) is 0 Å². The van der Waals surface area contributed by atoms with Crippen molar-refractivity contribution in [1.82, 2.24) is 10.2 Å². The number of carbonyl (C=O) groups excluding carboxylic acids is 1. The van der Waals surface area contributed by atoms with Gasteiger partial charge in [-0.05, 0) is 34.4 Å². The van der Waals surface area contributed by atoms with E-state index in [2.05, 4.69) is 17.1 Å². The summed E-state index contributed by atoms with van der Waals surface area (Å²) in [5, 5.41) is 2.98. The molecule has 0 bridgehead atoms. The zero-order valence-electron chi connectivity index (χ0n) is 11.7. The summed E-state index contributed by atoms with van der Waals surface area (Å²) in [6.07, 6.45) is 0.736. The van der Waals surface area contributed by atoms with Gasteiger partial charge < -0.3 is 19.7 Å². The lowest BCUT2D eigenvalue weighted by atomic mass is 10.2. The molecule has 0 amide bonds. The summed E-state index contributed by atoms with van der Waals surface area (Å²) >= 11 is 0. The Morgan fingerprint density at radius 3 is 2.59 bits per heavy atom. The summed E-state index contributed by atoms with van der Waals surface area (Å²) in [5.74, 6) is -0.178. The lowest BCUT2D eigenvalue weighted by Crippen LogP contribution is -2.41. The second kappa shape index (κ2) is 9.39. The lowest BCUT2D eigenvalue weighted by molar-refractivity contribution is -0.145. The van der Waals surface area contributed by atoms with Crippen LogP contribution in [0.3, 0.4) is 0 Å². The summed E-state index contributed by atoms with van der Waals surface area (Å²) in [5.41, 5.74) is 0. The summed E-state index contributed by atoms with van der Waals surface area (Å²) in [6, 6.07) is 0.117. The van der Waals surface area contributed by atoms with E-state index < -0.39 is 0 Å². The number of hydrogen-bond acceptors (Lipinski definition) is 5. The van der Waals surface area contributed by atoms with E-state index in [1.54, 1.807) is 14.2 Å². The van der Waals surface area contributed by atoms with Gasteiger partial charge in [0.1, 0.15) is 6.04 Å². The molecule has 0 aliphatic rings. The maximum absolute atomic E-state index is 11.6. The van der Waals surface area contributed by atoms with E-state index in [1.807, 2.05) is 14.0 Å². The van der Waals surface area contributed by atoms with Gasteiger partial charge in [0.05, 0.1) is 13.2 Å². The predicted octanol–water partition coefficient (Wildman–Crippen LogP) is 0.494. The second-order valence-corrected chi connectivity index (χ2v) is 4.17. The molecule has 0 aromatic heterocycles. The summed E-state index contributed by atoms with van der Waals surface area (Å²) in [4.78, 5) is 13.7. The Labute approximate surface area is 104 Å². The summed E-state index contributed by atoms with van der Waals surface area (Å²) in [7, 11) is 5.50. The molecule has 2 atom stereocenters. The summed E-state index contributed by atoms with van der Waals surface area (Å²) in [6.45, 7) is 5.86. The molecule has 0 saturated heterocycles. The van der Waals surface area contributed by atoms with Crippen LogP contribution in [0.1, 0.15) is 20.3 Å². The van der Waals surface area contributed by atoms with Crippen LogP contribution in [0.15, 0.2) is 0 Å². The number of carbonyl (C=O) groups is 1. The molecule has 0 aliphatic carbocycles. The van der Waals surface area contributed by atoms with Gasteiger partial charge in [-0.2, -0.15) is 0 Å². The van der Waals surface area contributed by atoms with Crippen molar-refractivity contribution < 1.29 is 14.3 Å². The van der Waals surface area contributed by atoms with Crippen LogP contribution in [0.25, 0.3) is 0 Å². The molecule has 0 aliphatic heterocycles. The highest BCUT2D eigenvalue weighted by molar-refractivity contribution is 5.75. The van der Waals surface area contributed by atoms with Crippen molar-refractivity contribution in [2.24, 2.45) is 0 Å². The zero-order chi connectivity index (χ0) is 13.3. The van der Waals surface area contributed by atoms with Crippen molar-refractivity contribution in [3.05, 3.63) is 0 Å². The van der Waals surface area contributed by atoms with E-state index in [4.69, 9.17) is 9.47 Å². The molecule has 2 unspecified atom stereocenters. The predicted molar refractivity (Wildman–Crippen MR) is 68.1 cm³/mol. The number of methoxy groups -OCH3 is 1. The topological polar surface area (TPSA) is 50.8 Å². The van der Waals surface area contributed by atoms with E-state index >= 15 is 0 Å². The molecule has 0 saturated carbocycles. The monoisotopic (exact) mass is 246 g/mol. The van der Waals surface area contributed by atoms with E-state index in [-0.39, 0.29) is 12.0 Å². The van der Waals surface area contributed by atoms with E-state index in [1.165, 1.54) is 0 Å². The largest absolute Gasteiger partial charge is 0.465 e. The second-order valence-electron chi connectivity index (χ2n) is 4.17. The zero-order valence-corrected chi connectivity index (χ0v) is 11.7. The third-order valence-electron chi connectivity index (χ3n) is 2.85. The SMILES string of the molecule is CCOC(=O)C(CCN(C)C(C)COC)NC. The molecule has 0 spiro atoms. The Bertz CT molecular complexity index is 212. The Morgan fingerprint density at radius 1 is 1.47 bits per heavy atom. The minimum absolute atomic E-state index is 0.178. The fourth-order valence-corrected chi connectivity index (χ4v) is 1.54. The number of hydrogen-bond donors (Lipinski definition) is 1. The molecule has 0 aromatic rings. The van der Waals surface area contributed by atoms with Crippen LogP contribution >= 0.6 is 0 Å². The van der Waals surface area contributed by atoms with Gasteiger partial charge in [-0.3, -0.25) is 4.79 Å². The first kappa shape index (κ1) is 16.4. The van der Waals surface area contributed by atoms with E-state index in [9.17, 15) is 4.79 Å². The number of rotatable bonds is 9. The molecule has 17 heavy (non-hydrogen) atoms. The molecule has 0 heterocycles. The lowest BCUT2D eigenvalue weighted by Gasteiger charge is -2.25. The maximum atomic E-state index is 11.6. The first-order valence-electron chi connectivity index (χ1n) is 6.09. The first-order valence-corrected chi connectivity index (χ1v) is 6.09. The standard InChI is InChI=1S/C12H26N2O3/c1-6-17-12(15)11(13-3)7-8-14(4)10(2)9-16-5/h10-11,13H,6-9H2,1-5H3. The van der Waals surface area contributed by atoms with Crippen LogP contribution in [-0.4, -0.2) is 63.9 Å². The van der Waals surface area contributed by atoms with Crippen molar-refractivity contribution >= 4 is 5.97 Å². The number of nitrogens with zero attached hydrogens (tertiary/aromatic N) is 1. The quantitative estimate of drug-likeness (QED) is 0.600. The van der Waals surface area contributed by atoms with Crippen molar-refractivity contribution in [2.45, 2.75) is 32.4 Å². The van der Waals surface area contributed by atoms with Crippen LogP contribution in [0.2, 0.25) is 0 Å². The Morgan fingerprint density at radius 2 is 2.12 bits per heavy atom. The fourth-order valence-electron chi connectivity index (χ4n) is 1.54. The van der Waals surface area contributed by atoms with E-state index in [0.717, 1.165) is 13.0 Å². The van der Waals surface area contributed by atoms with Crippen molar-refractivity contribution in [3.8, 4) is 0 Å². The van der Waals surface area contributed by atoms with Crippen LogP contribution in [-0.2, 0) is 14.3 Å². The Balaban J connectivity index is 4.01. The first-order chi connectivity index (χ1) is 8.06. The van der Waals surface area contributed by atoms with Crippen LogP contribution in [0, 0.1) is 0 Å². The normalized spacial score (nSPS) is 14.7. The highest BCUT2D eigenvalue weighted by Gasteiger charge is 2.19. The van der Waals surface area contributed by atoms with Gasteiger partial charge in [0.15, 0.2) is 0 Å². The minimum Gasteiger partial charge on any atom is -0.465 e. The number of ether oxygens (including phenoxy) is 2. The molecule has 5 heteroatoms. The van der Waals surface area contributed by atoms with Gasteiger partial charge in [0.25, 0.3) is 0 Å². The van der Waals surface area contributed by atoms with Crippen LogP contribution in [0.5, 0.6) is 0 Å². The maximum Gasteiger partial charge on any atom is 0.323 e. The highest BCUT2D eigenvalue weighted by Crippen LogP contribution is 2.01. The molecule has 5 nitrogen and oxygen atoms in total. The molecule has 1 N–H and O–H groups in total. The van der Waals surface area contributed by atoms with Gasteiger partial charge in [-0.15, -0.1) is 0 Å². The van der Waals surface area contributed by atoms with Crippen LogP contribution in [0.4, 0.5) is 0 Å². The third kappa shape index (κ3) is 6.61. The number of nitrogens with one attached hydrogen (secondary N) is 1. The van der Waals surface area contributed by atoms with Gasteiger partial charge in [0.2, 0.25) is 0 Å². The smallest absolute Gasteiger partial charge is 0.323 e. The fraction of sp³-hybridized carbons (Fsp3) is 0.917. The molecule has 0 rings (SSSR count). The Hall–Kier alpha value is -0.650. The van der Waals surface area contributed by atoms with E-state index in [0.29, 0.717) is 19.3 Å². The van der Waals surface area contributed by atoms with Gasteiger partial charge in [-0.25, -0.2) is 0 Å². The molecule has 0 radical (unpaired) electrons. The van der Waals surface area contributed by atoms with Gasteiger partial charge in [0, 0.05) is 19.7 Å². The molecule has 0 fully saturated rings. The number of likely N-dealkylation sites (N-methyl/N-ethyl adjacent to an activating group) is 2. The average Bonchev–Trinajstić information content (AvgIpc) is 2.30. The third-order valence-corrected chi connectivity index (χ3v) is 2.85. The van der Waals surface area contributed by atoms with Crippen molar-refractivity contribution in [1.29, 1.82) is 0 Å². The molecular weight excluding hydrogens is 220 g/mol. The van der Waals surface area contributed by atoms with Gasteiger partial charge in [-0.1, -0.05) is 0 Å². The van der Waals surface area contributed by atoms with Gasteiger partial charge >= 0.3 is 5.97 Å². The number of esters is 1. The summed E-state index contributed by atoms with van der Waals surface area (Å²) < 4.78 is 10.1. The Kier molecular flexibility index (Phi) is 9.03. The van der Waals surface area contributed by atoms with Crippen LogP contribution < -0.4 is 5.32 Å². The highest BCUT2D eigenvalue weighted by atomic mass is 16.5. The average molecular weight is 246 g/mol. The minimum atomic E-state index is -0.229. The molecule has 102 valence electrons. The molecular formula is C12H26N2O3. The molecule has 0 aromatic carbocycles. The van der Waals surface area contributed by atoms with Crippen molar-refractivity contribution in [2.75, 3.05) is 41.0 Å².